The molecule has 232 valence electrons. The number of rotatable bonds is 8. The Kier molecular flexibility index (Phi) is 8.90. The van der Waals surface area contributed by atoms with Gasteiger partial charge >= 0.3 is 6.03 Å². The molecule has 1 aliphatic heterocycles. The fourth-order valence-electron chi connectivity index (χ4n) is 5.20. The minimum atomic E-state index is -3.95. The van der Waals surface area contributed by atoms with Crippen LogP contribution in [-0.2, 0) is 17.1 Å². The molecule has 13 heteroatoms. The Morgan fingerprint density at radius 2 is 1.80 bits per heavy atom. The van der Waals surface area contributed by atoms with E-state index in [9.17, 15) is 23.1 Å². The molecule has 4 aromatic rings. The first-order chi connectivity index (χ1) is 21.0. The Balaban J connectivity index is 1.48. The Labute approximate surface area is 256 Å². The molecule has 3 N–H and O–H groups in total. The van der Waals surface area contributed by atoms with Gasteiger partial charge in [0.1, 0.15) is 6.10 Å². The number of imidazole rings is 1. The lowest BCUT2D eigenvalue weighted by molar-refractivity contribution is 0.0389. The summed E-state index contributed by atoms with van der Waals surface area (Å²) < 4.78 is 35.8. The van der Waals surface area contributed by atoms with E-state index in [1.165, 1.54) is 23.9 Å². The van der Waals surface area contributed by atoms with Crippen LogP contribution in [0.15, 0.2) is 78.2 Å². The van der Waals surface area contributed by atoms with Gasteiger partial charge in [-0.2, -0.15) is 4.31 Å². The number of urea groups is 1. The number of anilines is 2. The van der Waals surface area contributed by atoms with Crippen LogP contribution in [-0.4, -0.2) is 83.1 Å². The van der Waals surface area contributed by atoms with Crippen LogP contribution < -0.4 is 15.4 Å². The monoisotopic (exact) mass is 620 g/mol. The van der Waals surface area contributed by atoms with Gasteiger partial charge < -0.3 is 29.9 Å². The van der Waals surface area contributed by atoms with Crippen molar-refractivity contribution in [2.45, 2.75) is 31.0 Å². The van der Waals surface area contributed by atoms with Crippen LogP contribution in [0, 0.1) is 5.92 Å². The molecule has 3 amide bonds. The molecular formula is C31H36N6O6S. The number of nitrogens with zero attached hydrogens (tertiary/aromatic N) is 4. The van der Waals surface area contributed by atoms with Crippen LogP contribution in [0.2, 0.25) is 0 Å². The SMILES string of the molecule is C[C@@H]1CN([C@H](C)CO)C(=O)c2cccc(NC(=O)Nc3cccc4ccccc34)c2O[C@H]1CN(C)S(=O)(=O)c1cn(C)cn1. The molecule has 0 aliphatic carbocycles. The topological polar surface area (TPSA) is 146 Å². The average Bonchev–Trinajstić information content (AvgIpc) is 3.46. The van der Waals surface area contributed by atoms with Crippen molar-refractivity contribution in [3.8, 4) is 5.75 Å². The third kappa shape index (κ3) is 6.25. The van der Waals surface area contributed by atoms with Crippen molar-refractivity contribution >= 4 is 44.1 Å². The van der Waals surface area contributed by atoms with Crippen LogP contribution in [0.4, 0.5) is 16.2 Å². The summed E-state index contributed by atoms with van der Waals surface area (Å²) in [6.45, 7) is 3.47. The summed E-state index contributed by atoms with van der Waals surface area (Å²) in [6.07, 6.45) is 2.10. The largest absolute Gasteiger partial charge is 0.486 e. The van der Waals surface area contributed by atoms with E-state index in [0.29, 0.717) is 5.69 Å². The van der Waals surface area contributed by atoms with E-state index in [-0.39, 0.29) is 53.5 Å². The summed E-state index contributed by atoms with van der Waals surface area (Å²) in [4.78, 5) is 32.6. The minimum absolute atomic E-state index is 0.0639. The fourth-order valence-corrected chi connectivity index (χ4v) is 6.35. The molecule has 44 heavy (non-hydrogen) atoms. The summed E-state index contributed by atoms with van der Waals surface area (Å²) in [5, 5.41) is 17.4. The Hall–Kier alpha value is -4.46. The Morgan fingerprint density at radius 3 is 2.52 bits per heavy atom. The van der Waals surface area contributed by atoms with E-state index in [2.05, 4.69) is 15.6 Å². The quantitative estimate of drug-likeness (QED) is 0.272. The molecule has 0 unspecified atom stereocenters. The second-order valence-electron chi connectivity index (χ2n) is 11.1. The highest BCUT2D eigenvalue weighted by Crippen LogP contribution is 2.35. The molecule has 0 spiro atoms. The second kappa shape index (κ2) is 12.6. The number of likely N-dealkylation sites (N-methyl/N-ethyl adjacent to an activating group) is 1. The lowest BCUT2D eigenvalue weighted by Gasteiger charge is -2.38. The number of hydrogen-bond acceptors (Lipinski definition) is 7. The zero-order valence-corrected chi connectivity index (χ0v) is 25.8. The highest BCUT2D eigenvalue weighted by Gasteiger charge is 2.36. The molecule has 2 heterocycles. The number of aryl methyl sites for hydroxylation is 1. The summed E-state index contributed by atoms with van der Waals surface area (Å²) in [6, 6.07) is 17.0. The number of nitrogens with one attached hydrogen (secondary N) is 2. The van der Waals surface area contributed by atoms with Crippen LogP contribution in [0.1, 0.15) is 24.2 Å². The van der Waals surface area contributed by atoms with Gasteiger partial charge in [0, 0.05) is 38.1 Å². The molecule has 0 fully saturated rings. The van der Waals surface area contributed by atoms with Crippen LogP contribution in [0.5, 0.6) is 5.75 Å². The summed E-state index contributed by atoms with van der Waals surface area (Å²) in [5.74, 6) is -0.625. The summed E-state index contributed by atoms with van der Waals surface area (Å²) in [7, 11) is -0.818. The first kappa shape index (κ1) is 31.0. The maximum atomic E-state index is 13.8. The lowest BCUT2D eigenvalue weighted by atomic mass is 9.99. The molecule has 5 rings (SSSR count). The van der Waals surface area contributed by atoms with Gasteiger partial charge in [0.2, 0.25) is 0 Å². The number of aliphatic hydroxyl groups is 1. The average molecular weight is 621 g/mol. The maximum absolute atomic E-state index is 13.8. The molecule has 12 nitrogen and oxygen atoms in total. The molecular weight excluding hydrogens is 584 g/mol. The number of sulfonamides is 1. The van der Waals surface area contributed by atoms with Crippen LogP contribution in [0.25, 0.3) is 10.8 Å². The van der Waals surface area contributed by atoms with Gasteiger partial charge in [-0.05, 0) is 30.5 Å². The van der Waals surface area contributed by atoms with E-state index in [1.807, 2.05) is 43.3 Å². The van der Waals surface area contributed by atoms with E-state index >= 15 is 0 Å². The lowest BCUT2D eigenvalue weighted by Crippen LogP contribution is -2.50. The third-order valence-electron chi connectivity index (χ3n) is 7.77. The fraction of sp³-hybridized carbons (Fsp3) is 0.323. The van der Waals surface area contributed by atoms with Gasteiger partial charge in [-0.25, -0.2) is 18.2 Å². The number of ether oxygens (including phenoxy) is 1. The van der Waals surface area contributed by atoms with Gasteiger partial charge in [-0.3, -0.25) is 4.79 Å². The highest BCUT2D eigenvalue weighted by atomic mass is 32.2. The molecule has 3 atom stereocenters. The van der Waals surface area contributed by atoms with Gasteiger partial charge in [-0.15, -0.1) is 0 Å². The van der Waals surface area contributed by atoms with Crippen molar-refractivity contribution in [3.05, 3.63) is 78.8 Å². The van der Waals surface area contributed by atoms with Crippen LogP contribution >= 0.6 is 0 Å². The number of carbonyl (C=O) groups is 2. The zero-order valence-electron chi connectivity index (χ0n) is 25.0. The summed E-state index contributed by atoms with van der Waals surface area (Å²) >= 11 is 0. The number of aliphatic hydroxyl groups excluding tert-OH is 1. The van der Waals surface area contributed by atoms with E-state index in [0.717, 1.165) is 10.8 Å². The molecule has 0 radical (unpaired) electrons. The second-order valence-corrected chi connectivity index (χ2v) is 13.1. The number of aromatic nitrogens is 2. The van der Waals surface area contributed by atoms with Crippen molar-refractivity contribution in [2.24, 2.45) is 13.0 Å². The third-order valence-corrected chi connectivity index (χ3v) is 9.48. The first-order valence-corrected chi connectivity index (χ1v) is 15.6. The Morgan fingerprint density at radius 1 is 1.11 bits per heavy atom. The van der Waals surface area contributed by atoms with E-state index in [1.54, 1.807) is 47.7 Å². The predicted molar refractivity (Wildman–Crippen MR) is 167 cm³/mol. The van der Waals surface area contributed by atoms with Crippen molar-refractivity contribution in [3.63, 3.8) is 0 Å². The molecule has 0 saturated heterocycles. The zero-order chi connectivity index (χ0) is 31.6. The van der Waals surface area contributed by atoms with Crippen molar-refractivity contribution < 1.29 is 27.9 Å². The molecule has 0 bridgehead atoms. The minimum Gasteiger partial charge on any atom is -0.486 e. The van der Waals surface area contributed by atoms with Crippen molar-refractivity contribution in [1.29, 1.82) is 0 Å². The van der Waals surface area contributed by atoms with Crippen LogP contribution in [0.3, 0.4) is 0 Å². The normalized spacial score (nSPS) is 17.9. The molecule has 1 aliphatic rings. The summed E-state index contributed by atoms with van der Waals surface area (Å²) in [5.41, 5.74) is 1.02. The predicted octanol–water partition coefficient (Wildman–Crippen LogP) is 3.76. The van der Waals surface area contributed by atoms with Gasteiger partial charge in [0.05, 0.1) is 42.5 Å². The van der Waals surface area contributed by atoms with Crippen molar-refractivity contribution in [2.75, 3.05) is 37.4 Å². The van der Waals surface area contributed by atoms with E-state index < -0.39 is 28.2 Å². The maximum Gasteiger partial charge on any atom is 0.323 e. The number of amides is 3. The number of fused-ring (bicyclic) bond motifs is 2. The molecule has 1 aromatic heterocycles. The number of para-hydroxylation sites is 1. The number of hydrogen-bond donors (Lipinski definition) is 3. The van der Waals surface area contributed by atoms with Crippen molar-refractivity contribution in [1.82, 2.24) is 18.8 Å². The smallest absolute Gasteiger partial charge is 0.323 e. The highest BCUT2D eigenvalue weighted by molar-refractivity contribution is 7.89. The standard InChI is InChI=1S/C31H36N6O6S/c1-20-15-37(21(2)18-38)30(39)24-12-8-14-26(34-31(40)33-25-13-7-10-22-9-5-6-11-23(22)25)29(24)43-27(20)16-36(4)44(41,42)28-17-35(3)19-32-28/h5-14,17,19-21,27,38H,15-16,18H2,1-4H3,(H2,33,34,40)/t20-,21-,27+/m1/s1. The van der Waals surface area contributed by atoms with Gasteiger partial charge in [-0.1, -0.05) is 49.4 Å². The van der Waals surface area contributed by atoms with Gasteiger partial charge in [0.25, 0.3) is 15.9 Å². The number of carbonyl (C=O) groups excluding carboxylic acids is 2. The van der Waals surface area contributed by atoms with E-state index in [4.69, 9.17) is 4.74 Å². The van der Waals surface area contributed by atoms with Gasteiger partial charge in [0.15, 0.2) is 10.8 Å². The molecule has 3 aromatic carbocycles. The number of benzene rings is 3. The Bertz CT molecular complexity index is 1790. The molecule has 0 saturated carbocycles. The first-order valence-electron chi connectivity index (χ1n) is 14.2.